The van der Waals surface area contributed by atoms with Crippen molar-refractivity contribution in [1.29, 1.82) is 0 Å². The second-order valence-corrected chi connectivity index (χ2v) is 5.20. The van der Waals surface area contributed by atoms with Gasteiger partial charge in [-0.15, -0.1) is 0 Å². The molecule has 0 amide bonds. The van der Waals surface area contributed by atoms with Gasteiger partial charge in [0.1, 0.15) is 5.82 Å². The first-order valence-corrected chi connectivity index (χ1v) is 7.17. The Hall–Kier alpha value is -1.68. The summed E-state index contributed by atoms with van der Waals surface area (Å²) in [6.45, 7) is 6.11. The van der Waals surface area contributed by atoms with Crippen molar-refractivity contribution in [3.05, 3.63) is 47.0 Å². The van der Waals surface area contributed by atoms with Crippen LogP contribution in [0.25, 0.3) is 5.69 Å². The molecule has 2 aromatic rings. The lowest BCUT2D eigenvalue weighted by atomic mass is 10.1. The Balaban J connectivity index is 2.53. The molecule has 1 atom stereocenters. The van der Waals surface area contributed by atoms with Gasteiger partial charge in [0.05, 0.1) is 11.4 Å². The third kappa shape index (κ3) is 3.07. The predicted octanol–water partition coefficient (Wildman–Crippen LogP) is 3.03. The van der Waals surface area contributed by atoms with Gasteiger partial charge >= 0.3 is 0 Å². The van der Waals surface area contributed by atoms with Gasteiger partial charge in [0.15, 0.2) is 0 Å². The number of nitrogens with two attached hydrogens (primary N) is 1. The maximum Gasteiger partial charge on any atom is 0.123 e. The largest absolute Gasteiger partial charge is 0.328 e. The van der Waals surface area contributed by atoms with Crippen LogP contribution in [0.15, 0.2) is 24.3 Å². The lowest BCUT2D eigenvalue weighted by Gasteiger charge is -2.14. The number of nitrogens with zero attached hydrogens (tertiary/aromatic N) is 2. The Kier molecular flexibility index (Phi) is 4.55. The molecule has 1 aromatic heterocycles. The highest BCUT2D eigenvalue weighted by atomic mass is 19.1. The summed E-state index contributed by atoms with van der Waals surface area (Å²) in [4.78, 5) is 0. The van der Waals surface area contributed by atoms with Gasteiger partial charge in [-0.25, -0.2) is 9.07 Å². The molecule has 4 heteroatoms. The highest BCUT2D eigenvalue weighted by molar-refractivity contribution is 5.43. The second-order valence-electron chi connectivity index (χ2n) is 5.20. The lowest BCUT2D eigenvalue weighted by Crippen LogP contribution is -2.19. The molecule has 3 nitrogen and oxygen atoms in total. The van der Waals surface area contributed by atoms with E-state index < -0.39 is 0 Å². The molecular formula is C16H22FN3. The molecule has 0 spiro atoms. The molecule has 0 radical (unpaired) electrons. The van der Waals surface area contributed by atoms with Crippen molar-refractivity contribution in [2.75, 3.05) is 0 Å². The zero-order chi connectivity index (χ0) is 14.7. The molecule has 2 N–H and O–H groups in total. The fourth-order valence-corrected chi connectivity index (χ4v) is 2.38. The molecule has 0 saturated carbocycles. The van der Waals surface area contributed by atoms with Crippen LogP contribution in [0.4, 0.5) is 4.39 Å². The third-order valence-electron chi connectivity index (χ3n) is 3.37. The van der Waals surface area contributed by atoms with E-state index in [1.165, 1.54) is 6.07 Å². The molecule has 0 aliphatic heterocycles. The fraction of sp³-hybridized carbons (Fsp3) is 0.438. The van der Waals surface area contributed by atoms with E-state index in [0.29, 0.717) is 6.42 Å². The van der Waals surface area contributed by atoms with Gasteiger partial charge in [-0.3, -0.25) is 0 Å². The van der Waals surface area contributed by atoms with Crippen molar-refractivity contribution >= 4 is 0 Å². The van der Waals surface area contributed by atoms with E-state index in [9.17, 15) is 4.39 Å². The second kappa shape index (κ2) is 6.18. The van der Waals surface area contributed by atoms with Crippen LogP contribution in [0.2, 0.25) is 0 Å². The summed E-state index contributed by atoms with van der Waals surface area (Å²) in [6.07, 6.45) is 2.42. The van der Waals surface area contributed by atoms with Crippen molar-refractivity contribution in [3.8, 4) is 5.69 Å². The normalized spacial score (nSPS) is 12.7. The standard InChI is InChI=1S/C16H22FN3/c1-4-14-10-15(5-2)20(19-14)16-7-6-13(17)9-12(16)8-11(3)18/h6-7,9-11H,4-5,8,18H2,1-3H3. The van der Waals surface area contributed by atoms with Crippen LogP contribution in [0.5, 0.6) is 0 Å². The van der Waals surface area contributed by atoms with Gasteiger partial charge in [-0.2, -0.15) is 5.10 Å². The third-order valence-corrected chi connectivity index (χ3v) is 3.37. The summed E-state index contributed by atoms with van der Waals surface area (Å²) in [5.41, 5.74) is 9.90. The van der Waals surface area contributed by atoms with E-state index in [2.05, 4.69) is 25.0 Å². The van der Waals surface area contributed by atoms with Crippen LogP contribution in [-0.4, -0.2) is 15.8 Å². The predicted molar refractivity (Wildman–Crippen MR) is 79.6 cm³/mol. The zero-order valence-electron chi connectivity index (χ0n) is 12.4. The molecule has 1 unspecified atom stereocenters. The number of aryl methyl sites for hydroxylation is 2. The summed E-state index contributed by atoms with van der Waals surface area (Å²) < 4.78 is 15.4. The van der Waals surface area contributed by atoms with Gasteiger partial charge < -0.3 is 5.73 Å². The first-order valence-electron chi connectivity index (χ1n) is 7.17. The molecule has 0 fully saturated rings. The smallest absolute Gasteiger partial charge is 0.123 e. The average molecular weight is 275 g/mol. The number of hydrogen-bond donors (Lipinski definition) is 1. The number of aromatic nitrogens is 2. The van der Waals surface area contributed by atoms with Crippen LogP contribution >= 0.6 is 0 Å². The summed E-state index contributed by atoms with van der Waals surface area (Å²) in [7, 11) is 0. The first-order chi connectivity index (χ1) is 9.55. The van der Waals surface area contributed by atoms with E-state index in [-0.39, 0.29) is 11.9 Å². The molecule has 0 bridgehead atoms. The highest BCUT2D eigenvalue weighted by Crippen LogP contribution is 2.20. The monoisotopic (exact) mass is 275 g/mol. The van der Waals surface area contributed by atoms with Crippen molar-refractivity contribution in [2.24, 2.45) is 5.73 Å². The Morgan fingerprint density at radius 3 is 2.60 bits per heavy atom. The van der Waals surface area contributed by atoms with E-state index in [4.69, 9.17) is 5.73 Å². The molecule has 20 heavy (non-hydrogen) atoms. The Morgan fingerprint density at radius 1 is 1.25 bits per heavy atom. The number of halogens is 1. The molecule has 1 aromatic carbocycles. The van der Waals surface area contributed by atoms with Crippen LogP contribution in [0.1, 0.15) is 37.7 Å². The fourth-order valence-electron chi connectivity index (χ4n) is 2.38. The molecule has 108 valence electrons. The van der Waals surface area contributed by atoms with Crippen LogP contribution in [0, 0.1) is 5.82 Å². The summed E-state index contributed by atoms with van der Waals surface area (Å²) >= 11 is 0. The Bertz CT molecular complexity index is 587. The van der Waals surface area contributed by atoms with E-state index in [0.717, 1.165) is 35.5 Å². The first kappa shape index (κ1) is 14.7. The molecule has 2 rings (SSSR count). The topological polar surface area (TPSA) is 43.8 Å². The van der Waals surface area contributed by atoms with Gasteiger partial charge in [0.25, 0.3) is 0 Å². The quantitative estimate of drug-likeness (QED) is 0.911. The highest BCUT2D eigenvalue weighted by Gasteiger charge is 2.13. The molecule has 0 saturated heterocycles. The SMILES string of the molecule is CCc1cc(CC)n(-c2ccc(F)cc2CC(C)N)n1. The zero-order valence-corrected chi connectivity index (χ0v) is 12.4. The number of rotatable bonds is 5. The minimum atomic E-state index is -0.231. The van der Waals surface area contributed by atoms with Crippen molar-refractivity contribution in [3.63, 3.8) is 0 Å². The molecular weight excluding hydrogens is 253 g/mol. The summed E-state index contributed by atoms with van der Waals surface area (Å²) in [6, 6.07) is 6.93. The lowest BCUT2D eigenvalue weighted by molar-refractivity contribution is 0.620. The number of benzene rings is 1. The van der Waals surface area contributed by atoms with Crippen LogP contribution in [-0.2, 0) is 19.3 Å². The minimum Gasteiger partial charge on any atom is -0.328 e. The van der Waals surface area contributed by atoms with Crippen molar-refractivity contribution in [1.82, 2.24) is 9.78 Å². The summed E-state index contributed by atoms with van der Waals surface area (Å²) in [5.74, 6) is -0.231. The van der Waals surface area contributed by atoms with Gasteiger partial charge in [-0.1, -0.05) is 13.8 Å². The maximum absolute atomic E-state index is 13.5. The van der Waals surface area contributed by atoms with Gasteiger partial charge in [0.2, 0.25) is 0 Å². The van der Waals surface area contributed by atoms with Crippen LogP contribution < -0.4 is 5.73 Å². The Labute approximate surface area is 119 Å². The van der Waals surface area contributed by atoms with E-state index in [1.54, 1.807) is 12.1 Å². The molecule has 1 heterocycles. The van der Waals surface area contributed by atoms with Crippen LogP contribution in [0.3, 0.4) is 0 Å². The maximum atomic E-state index is 13.5. The average Bonchev–Trinajstić information content (AvgIpc) is 2.81. The molecule has 0 aliphatic rings. The molecule has 0 aliphatic carbocycles. The van der Waals surface area contributed by atoms with Crippen molar-refractivity contribution in [2.45, 2.75) is 46.1 Å². The minimum absolute atomic E-state index is 0.0122. The summed E-state index contributed by atoms with van der Waals surface area (Å²) in [5, 5.41) is 4.62. The Morgan fingerprint density at radius 2 is 2.00 bits per heavy atom. The van der Waals surface area contributed by atoms with E-state index >= 15 is 0 Å². The van der Waals surface area contributed by atoms with Crippen molar-refractivity contribution < 1.29 is 4.39 Å². The van der Waals surface area contributed by atoms with E-state index in [1.807, 2.05) is 11.6 Å². The number of hydrogen-bond acceptors (Lipinski definition) is 2. The van der Waals surface area contributed by atoms with Gasteiger partial charge in [0, 0.05) is 11.7 Å². The van der Waals surface area contributed by atoms with Gasteiger partial charge in [-0.05, 0) is 56.0 Å².